The fraction of sp³-hybridized carbons (Fsp3) is 0.300. The monoisotopic (exact) mass is 351 g/mol. The van der Waals surface area contributed by atoms with Crippen molar-refractivity contribution in [3.05, 3.63) is 53.6 Å². The summed E-state index contributed by atoms with van der Waals surface area (Å²) in [6.45, 7) is 1.25. The largest absolute Gasteiger partial charge is 0.496 e. The average Bonchev–Trinajstić information content (AvgIpc) is 3.16. The van der Waals surface area contributed by atoms with Crippen LogP contribution in [0.2, 0.25) is 0 Å². The van der Waals surface area contributed by atoms with Gasteiger partial charge in [-0.1, -0.05) is 18.2 Å². The van der Waals surface area contributed by atoms with Gasteiger partial charge < -0.3 is 20.3 Å². The van der Waals surface area contributed by atoms with Crippen molar-refractivity contribution < 1.29 is 14.3 Å². The number of carbonyl (C=O) groups excluding carboxylic acids is 2. The van der Waals surface area contributed by atoms with Crippen LogP contribution in [0.1, 0.15) is 28.8 Å². The van der Waals surface area contributed by atoms with E-state index in [2.05, 4.69) is 15.5 Å². The average molecular weight is 351 g/mol. The van der Waals surface area contributed by atoms with Crippen molar-refractivity contribution in [3.63, 3.8) is 0 Å². The zero-order chi connectivity index (χ0) is 18.1. The molecule has 0 aliphatic carbocycles. The molecule has 0 bridgehead atoms. The van der Waals surface area contributed by atoms with E-state index < -0.39 is 0 Å². The molecule has 2 aliphatic heterocycles. The summed E-state index contributed by atoms with van der Waals surface area (Å²) in [5.41, 5.74) is 3.14. The Morgan fingerprint density at radius 3 is 3.00 bits per heavy atom. The van der Waals surface area contributed by atoms with Crippen LogP contribution in [0.25, 0.3) is 0 Å². The molecule has 134 valence electrons. The summed E-state index contributed by atoms with van der Waals surface area (Å²) >= 11 is 0. The van der Waals surface area contributed by atoms with Gasteiger partial charge in [-0.25, -0.2) is 0 Å². The molecule has 0 aromatic heterocycles. The van der Waals surface area contributed by atoms with Crippen molar-refractivity contribution in [2.75, 3.05) is 23.9 Å². The third-order valence-corrected chi connectivity index (χ3v) is 5.01. The first-order valence-corrected chi connectivity index (χ1v) is 8.79. The van der Waals surface area contributed by atoms with E-state index >= 15 is 0 Å². The van der Waals surface area contributed by atoms with E-state index in [0.29, 0.717) is 17.8 Å². The van der Waals surface area contributed by atoms with E-state index in [0.717, 1.165) is 36.4 Å². The number of hydrogen-bond donors (Lipinski definition) is 2. The number of benzene rings is 2. The van der Waals surface area contributed by atoms with Gasteiger partial charge >= 0.3 is 0 Å². The van der Waals surface area contributed by atoms with Crippen LogP contribution < -0.4 is 20.3 Å². The Labute approximate surface area is 152 Å². The number of nitrogens with zero attached hydrogens (tertiary/aromatic N) is 1. The minimum absolute atomic E-state index is 0.0154. The number of rotatable bonds is 4. The van der Waals surface area contributed by atoms with Crippen molar-refractivity contribution in [1.29, 1.82) is 0 Å². The third-order valence-electron chi connectivity index (χ3n) is 5.01. The fourth-order valence-electron chi connectivity index (χ4n) is 3.70. The van der Waals surface area contributed by atoms with Gasteiger partial charge in [0.05, 0.1) is 18.5 Å². The number of hydrogen-bond acceptors (Lipinski definition) is 4. The van der Waals surface area contributed by atoms with Gasteiger partial charge in [0, 0.05) is 24.2 Å². The van der Waals surface area contributed by atoms with E-state index in [1.54, 1.807) is 13.2 Å². The number of amides is 2. The number of nitrogens with one attached hydrogen (secondary N) is 2. The van der Waals surface area contributed by atoms with Gasteiger partial charge in [-0.2, -0.15) is 0 Å². The molecule has 2 N–H and O–H groups in total. The third kappa shape index (κ3) is 2.87. The highest BCUT2D eigenvalue weighted by Crippen LogP contribution is 2.37. The molecule has 2 aromatic rings. The maximum absolute atomic E-state index is 12.5. The Balaban J connectivity index is 1.51. The zero-order valence-corrected chi connectivity index (χ0v) is 14.6. The van der Waals surface area contributed by atoms with Crippen LogP contribution in [0.3, 0.4) is 0 Å². The molecule has 2 aromatic carbocycles. The molecule has 0 saturated carbocycles. The Hall–Kier alpha value is -3.02. The summed E-state index contributed by atoms with van der Waals surface area (Å²) in [5.74, 6) is 0.573. The van der Waals surface area contributed by atoms with E-state index in [9.17, 15) is 9.59 Å². The molecule has 1 saturated heterocycles. The lowest BCUT2D eigenvalue weighted by Crippen LogP contribution is -2.44. The van der Waals surface area contributed by atoms with Gasteiger partial charge in [0.25, 0.3) is 5.91 Å². The molecule has 2 aliphatic rings. The van der Waals surface area contributed by atoms with E-state index in [1.165, 1.54) is 0 Å². The summed E-state index contributed by atoms with van der Waals surface area (Å²) in [6, 6.07) is 13.0. The molecule has 4 rings (SSSR count). The molecule has 2 heterocycles. The Bertz CT molecular complexity index is 865. The van der Waals surface area contributed by atoms with Crippen LogP contribution in [0.5, 0.6) is 5.75 Å². The first kappa shape index (κ1) is 16.4. The SMILES string of the molecule is COc1ccccc1CNC(=O)c1ccc2c(c1)NC(=O)[C@H]1CCCN21. The van der Waals surface area contributed by atoms with Crippen molar-refractivity contribution in [1.82, 2.24) is 5.32 Å². The van der Waals surface area contributed by atoms with Crippen molar-refractivity contribution in [2.45, 2.75) is 25.4 Å². The van der Waals surface area contributed by atoms with Gasteiger partial charge in [0.1, 0.15) is 11.8 Å². The molecule has 2 amide bonds. The second-order valence-corrected chi connectivity index (χ2v) is 6.57. The second kappa shape index (κ2) is 6.71. The standard InChI is InChI=1S/C20H21N3O3/c1-26-18-7-3-2-5-14(18)12-21-19(24)13-8-9-16-15(11-13)22-20(25)17-6-4-10-23(16)17/h2-3,5,7-9,11,17H,4,6,10,12H2,1H3,(H,21,24)(H,22,25)/t17-/m1/s1. The molecule has 26 heavy (non-hydrogen) atoms. The van der Waals surface area contributed by atoms with E-state index in [4.69, 9.17) is 4.74 Å². The quantitative estimate of drug-likeness (QED) is 0.888. The molecule has 0 unspecified atom stereocenters. The second-order valence-electron chi connectivity index (χ2n) is 6.57. The Kier molecular flexibility index (Phi) is 4.24. The van der Waals surface area contributed by atoms with Crippen LogP contribution in [-0.4, -0.2) is 31.5 Å². The molecular weight excluding hydrogens is 330 g/mol. The Morgan fingerprint density at radius 2 is 2.15 bits per heavy atom. The summed E-state index contributed by atoms with van der Waals surface area (Å²) < 4.78 is 5.31. The van der Waals surface area contributed by atoms with Gasteiger partial charge in [0.2, 0.25) is 5.91 Å². The number of carbonyl (C=O) groups is 2. The minimum atomic E-state index is -0.184. The fourth-order valence-corrected chi connectivity index (χ4v) is 3.70. The van der Waals surface area contributed by atoms with Crippen molar-refractivity contribution >= 4 is 23.2 Å². The predicted molar refractivity (Wildman–Crippen MR) is 99.6 cm³/mol. The van der Waals surface area contributed by atoms with E-state index in [-0.39, 0.29) is 17.9 Å². The van der Waals surface area contributed by atoms with Crippen LogP contribution in [0.4, 0.5) is 11.4 Å². The van der Waals surface area contributed by atoms with Gasteiger partial charge in [-0.15, -0.1) is 0 Å². The number of anilines is 2. The molecule has 6 heteroatoms. The highest BCUT2D eigenvalue weighted by atomic mass is 16.5. The van der Waals surface area contributed by atoms with Crippen LogP contribution in [0.15, 0.2) is 42.5 Å². The minimum Gasteiger partial charge on any atom is -0.496 e. The summed E-state index contributed by atoms with van der Waals surface area (Å²) in [7, 11) is 1.61. The molecule has 1 atom stereocenters. The summed E-state index contributed by atoms with van der Waals surface area (Å²) in [5, 5.41) is 5.85. The lowest BCUT2D eigenvalue weighted by Gasteiger charge is -2.33. The first-order valence-electron chi connectivity index (χ1n) is 8.79. The van der Waals surface area contributed by atoms with Gasteiger partial charge in [-0.3, -0.25) is 9.59 Å². The number of fused-ring (bicyclic) bond motifs is 3. The van der Waals surface area contributed by atoms with Crippen LogP contribution in [0, 0.1) is 0 Å². The smallest absolute Gasteiger partial charge is 0.251 e. The highest BCUT2D eigenvalue weighted by molar-refractivity contribution is 6.06. The van der Waals surface area contributed by atoms with Gasteiger partial charge in [-0.05, 0) is 37.1 Å². The maximum atomic E-state index is 12.5. The molecule has 1 fully saturated rings. The number of methoxy groups -OCH3 is 1. The van der Waals surface area contributed by atoms with Crippen molar-refractivity contribution in [3.8, 4) is 5.75 Å². The Morgan fingerprint density at radius 1 is 1.31 bits per heavy atom. The summed E-state index contributed by atoms with van der Waals surface area (Å²) in [6.07, 6.45) is 1.89. The molecular formula is C20H21N3O3. The molecule has 0 spiro atoms. The lowest BCUT2D eigenvalue weighted by atomic mass is 10.1. The highest BCUT2D eigenvalue weighted by Gasteiger charge is 2.36. The van der Waals surface area contributed by atoms with Crippen LogP contribution >= 0.6 is 0 Å². The lowest BCUT2D eigenvalue weighted by molar-refractivity contribution is -0.117. The van der Waals surface area contributed by atoms with Crippen molar-refractivity contribution in [2.24, 2.45) is 0 Å². The topological polar surface area (TPSA) is 70.7 Å². The molecule has 0 radical (unpaired) electrons. The summed E-state index contributed by atoms with van der Waals surface area (Å²) in [4.78, 5) is 26.9. The number of para-hydroxylation sites is 1. The predicted octanol–water partition coefficient (Wildman–Crippen LogP) is 2.55. The van der Waals surface area contributed by atoms with E-state index in [1.807, 2.05) is 36.4 Å². The first-order chi connectivity index (χ1) is 12.7. The normalized spacial score (nSPS) is 18.0. The number of ether oxygens (including phenoxy) is 1. The van der Waals surface area contributed by atoms with Crippen LogP contribution in [-0.2, 0) is 11.3 Å². The maximum Gasteiger partial charge on any atom is 0.251 e. The molecule has 6 nitrogen and oxygen atoms in total. The zero-order valence-electron chi connectivity index (χ0n) is 14.6. The van der Waals surface area contributed by atoms with Gasteiger partial charge in [0.15, 0.2) is 0 Å².